The number of benzene rings is 2. The Balaban J connectivity index is 2.19. The molecule has 0 aliphatic heterocycles. The molecule has 0 aromatic heterocycles. The summed E-state index contributed by atoms with van der Waals surface area (Å²) < 4.78 is 6.03. The summed E-state index contributed by atoms with van der Waals surface area (Å²) in [7, 11) is 0. The molecule has 0 amide bonds. The van der Waals surface area contributed by atoms with E-state index < -0.39 is 0 Å². The lowest BCUT2D eigenvalue weighted by atomic mass is 9.79. The topological polar surface area (TPSA) is 26.3 Å². The van der Waals surface area contributed by atoms with Crippen molar-refractivity contribution in [2.24, 2.45) is 0 Å². The van der Waals surface area contributed by atoms with Gasteiger partial charge in [-0.1, -0.05) is 77.9 Å². The molecule has 2 aromatic carbocycles. The third kappa shape index (κ3) is 5.28. The summed E-state index contributed by atoms with van der Waals surface area (Å²) in [6.45, 7) is 16.1. The van der Waals surface area contributed by atoms with Crippen LogP contribution in [0, 0.1) is 0 Å². The molecular formula is C24H32O2. The molecule has 26 heavy (non-hydrogen) atoms. The number of hydrogen-bond donors (Lipinski definition) is 0. The lowest BCUT2D eigenvalue weighted by molar-refractivity contribution is 0.101. The highest BCUT2D eigenvalue weighted by molar-refractivity contribution is 5.94. The van der Waals surface area contributed by atoms with Crippen LogP contribution in [-0.2, 0) is 28.8 Å². The fourth-order valence-corrected chi connectivity index (χ4v) is 3.07. The summed E-state index contributed by atoms with van der Waals surface area (Å²) >= 11 is 0. The minimum Gasteiger partial charge on any atom is -0.372 e. The van der Waals surface area contributed by atoms with Crippen LogP contribution in [0.2, 0.25) is 0 Å². The first-order valence-electron chi connectivity index (χ1n) is 9.30. The maximum Gasteiger partial charge on any atom is 0.159 e. The second-order valence-corrected chi connectivity index (χ2v) is 9.12. The first-order valence-corrected chi connectivity index (χ1v) is 9.30. The van der Waals surface area contributed by atoms with Crippen LogP contribution in [0.15, 0.2) is 42.5 Å². The zero-order chi connectivity index (χ0) is 19.5. The number of carbonyl (C=O) groups is 1. The van der Waals surface area contributed by atoms with E-state index in [0.717, 1.165) is 11.1 Å². The Morgan fingerprint density at radius 1 is 0.885 bits per heavy atom. The predicted molar refractivity (Wildman–Crippen MR) is 109 cm³/mol. The maximum absolute atomic E-state index is 11.5. The SMILES string of the molecule is CC(=O)c1cccc(COCc2cc(C(C)(C)C)ccc2C(C)(C)C)c1. The Morgan fingerprint density at radius 2 is 1.58 bits per heavy atom. The molecule has 0 aliphatic rings. The van der Waals surface area contributed by atoms with Crippen LogP contribution in [0.3, 0.4) is 0 Å². The van der Waals surface area contributed by atoms with Gasteiger partial charge in [-0.3, -0.25) is 4.79 Å². The molecule has 2 rings (SSSR count). The number of ketones is 1. The van der Waals surface area contributed by atoms with E-state index in [9.17, 15) is 4.79 Å². The van der Waals surface area contributed by atoms with E-state index in [1.165, 1.54) is 16.7 Å². The third-order valence-corrected chi connectivity index (χ3v) is 4.64. The van der Waals surface area contributed by atoms with Crippen molar-refractivity contribution in [2.45, 2.75) is 72.5 Å². The molecule has 0 atom stereocenters. The lowest BCUT2D eigenvalue weighted by Gasteiger charge is -2.27. The summed E-state index contributed by atoms with van der Waals surface area (Å²) in [6.07, 6.45) is 0. The van der Waals surface area contributed by atoms with Crippen LogP contribution in [0.1, 0.15) is 81.1 Å². The van der Waals surface area contributed by atoms with Crippen LogP contribution >= 0.6 is 0 Å². The Kier molecular flexibility index (Phi) is 6.08. The molecule has 2 nitrogen and oxygen atoms in total. The summed E-state index contributed by atoms with van der Waals surface area (Å²) in [5, 5.41) is 0. The lowest BCUT2D eigenvalue weighted by Crippen LogP contribution is -2.18. The number of carbonyl (C=O) groups excluding carboxylic acids is 1. The van der Waals surface area contributed by atoms with Gasteiger partial charge in [0.1, 0.15) is 0 Å². The highest BCUT2D eigenvalue weighted by Gasteiger charge is 2.21. The Hall–Kier alpha value is -1.93. The molecule has 0 spiro atoms. The molecular weight excluding hydrogens is 320 g/mol. The van der Waals surface area contributed by atoms with Gasteiger partial charge in [0, 0.05) is 5.56 Å². The van der Waals surface area contributed by atoms with Crippen molar-refractivity contribution in [3.63, 3.8) is 0 Å². The monoisotopic (exact) mass is 352 g/mol. The van der Waals surface area contributed by atoms with Crippen LogP contribution in [-0.4, -0.2) is 5.78 Å². The number of rotatable bonds is 5. The van der Waals surface area contributed by atoms with Crippen molar-refractivity contribution in [1.82, 2.24) is 0 Å². The first-order chi connectivity index (χ1) is 12.0. The smallest absolute Gasteiger partial charge is 0.159 e. The van der Waals surface area contributed by atoms with Crippen molar-refractivity contribution in [3.05, 3.63) is 70.3 Å². The van der Waals surface area contributed by atoms with Gasteiger partial charge in [-0.15, -0.1) is 0 Å². The van der Waals surface area contributed by atoms with E-state index in [1.54, 1.807) is 6.92 Å². The van der Waals surface area contributed by atoms with Crippen molar-refractivity contribution >= 4 is 5.78 Å². The van der Waals surface area contributed by atoms with Crippen LogP contribution in [0.25, 0.3) is 0 Å². The predicted octanol–water partition coefficient (Wildman–Crippen LogP) is 6.20. The van der Waals surface area contributed by atoms with Gasteiger partial charge in [0.2, 0.25) is 0 Å². The van der Waals surface area contributed by atoms with Crippen LogP contribution < -0.4 is 0 Å². The number of Topliss-reactive ketones (excluding diaryl/α,β-unsaturated/α-hetero) is 1. The van der Waals surface area contributed by atoms with E-state index in [1.807, 2.05) is 24.3 Å². The van der Waals surface area contributed by atoms with E-state index in [0.29, 0.717) is 13.2 Å². The van der Waals surface area contributed by atoms with Crippen molar-refractivity contribution < 1.29 is 9.53 Å². The van der Waals surface area contributed by atoms with Crippen LogP contribution in [0.5, 0.6) is 0 Å². The zero-order valence-electron chi connectivity index (χ0n) is 17.3. The summed E-state index contributed by atoms with van der Waals surface area (Å²) in [6, 6.07) is 14.4. The molecule has 0 heterocycles. The highest BCUT2D eigenvalue weighted by atomic mass is 16.5. The van der Waals surface area contributed by atoms with Gasteiger partial charge in [0.05, 0.1) is 13.2 Å². The van der Waals surface area contributed by atoms with E-state index >= 15 is 0 Å². The second kappa shape index (κ2) is 7.75. The first kappa shape index (κ1) is 20.4. The van der Waals surface area contributed by atoms with E-state index in [4.69, 9.17) is 4.74 Å². The Morgan fingerprint density at radius 3 is 2.15 bits per heavy atom. The van der Waals surface area contributed by atoms with Gasteiger partial charge < -0.3 is 4.74 Å². The largest absolute Gasteiger partial charge is 0.372 e. The molecule has 2 heteroatoms. The number of hydrogen-bond acceptors (Lipinski definition) is 2. The fraction of sp³-hybridized carbons (Fsp3) is 0.458. The minimum absolute atomic E-state index is 0.0731. The molecule has 0 unspecified atom stereocenters. The quantitative estimate of drug-likeness (QED) is 0.599. The van der Waals surface area contributed by atoms with Gasteiger partial charge in [-0.05, 0) is 46.1 Å². The van der Waals surface area contributed by atoms with Gasteiger partial charge >= 0.3 is 0 Å². The van der Waals surface area contributed by atoms with Crippen molar-refractivity contribution in [1.29, 1.82) is 0 Å². The van der Waals surface area contributed by atoms with Crippen LogP contribution in [0.4, 0.5) is 0 Å². The van der Waals surface area contributed by atoms with E-state index in [2.05, 4.69) is 59.7 Å². The van der Waals surface area contributed by atoms with Crippen molar-refractivity contribution in [3.8, 4) is 0 Å². The van der Waals surface area contributed by atoms with Crippen molar-refractivity contribution in [2.75, 3.05) is 0 Å². The van der Waals surface area contributed by atoms with Gasteiger partial charge in [0.15, 0.2) is 5.78 Å². The molecule has 2 aromatic rings. The second-order valence-electron chi connectivity index (χ2n) is 9.12. The zero-order valence-corrected chi connectivity index (χ0v) is 17.3. The molecule has 0 N–H and O–H groups in total. The average molecular weight is 353 g/mol. The minimum atomic E-state index is 0.0731. The summed E-state index contributed by atoms with van der Waals surface area (Å²) in [5.74, 6) is 0.0831. The maximum atomic E-state index is 11.5. The molecule has 0 aliphatic carbocycles. The molecule has 0 bridgehead atoms. The normalized spacial score (nSPS) is 12.3. The summed E-state index contributed by atoms with van der Waals surface area (Å²) in [4.78, 5) is 11.5. The molecule has 0 radical (unpaired) electrons. The van der Waals surface area contributed by atoms with Gasteiger partial charge in [-0.25, -0.2) is 0 Å². The Labute approximate surface area is 158 Å². The summed E-state index contributed by atoms with van der Waals surface area (Å²) in [5.41, 5.74) is 5.83. The highest BCUT2D eigenvalue weighted by Crippen LogP contribution is 2.31. The van der Waals surface area contributed by atoms with Gasteiger partial charge in [-0.2, -0.15) is 0 Å². The number of ether oxygens (including phenoxy) is 1. The molecule has 0 saturated carbocycles. The Bertz CT molecular complexity index is 774. The molecule has 140 valence electrons. The average Bonchev–Trinajstić information content (AvgIpc) is 2.53. The van der Waals surface area contributed by atoms with Gasteiger partial charge in [0.25, 0.3) is 0 Å². The fourth-order valence-electron chi connectivity index (χ4n) is 3.07. The third-order valence-electron chi connectivity index (χ3n) is 4.64. The molecule has 0 saturated heterocycles. The molecule has 0 fully saturated rings. The standard InChI is InChI=1S/C24H32O2/c1-17(25)19-10-8-9-18(13-19)15-26-16-20-14-21(23(2,3)4)11-12-22(20)24(5,6)7/h8-14H,15-16H2,1-7H3. The van der Waals surface area contributed by atoms with E-state index in [-0.39, 0.29) is 16.6 Å².